The van der Waals surface area contributed by atoms with Crippen molar-refractivity contribution in [1.82, 2.24) is 14.2 Å². The summed E-state index contributed by atoms with van der Waals surface area (Å²) in [6.07, 6.45) is 2.86. The summed E-state index contributed by atoms with van der Waals surface area (Å²) in [4.78, 5) is 24.9. The molecule has 0 radical (unpaired) electrons. The van der Waals surface area contributed by atoms with Gasteiger partial charge in [-0.2, -0.15) is 4.31 Å². The normalized spacial score (nSPS) is 20.0. The van der Waals surface area contributed by atoms with Crippen LogP contribution in [0.3, 0.4) is 0 Å². The van der Waals surface area contributed by atoms with Crippen molar-refractivity contribution in [2.45, 2.75) is 35.1 Å². The van der Waals surface area contributed by atoms with Gasteiger partial charge < -0.3 is 15.6 Å². The predicted octanol–water partition coefficient (Wildman–Crippen LogP) is 2.02. The molecule has 0 bridgehead atoms. The summed E-state index contributed by atoms with van der Waals surface area (Å²) in [5, 5.41) is 3.04. The summed E-state index contributed by atoms with van der Waals surface area (Å²) >= 11 is 1.46. The van der Waals surface area contributed by atoms with Crippen molar-refractivity contribution in [3.05, 3.63) is 47.5 Å². The van der Waals surface area contributed by atoms with E-state index >= 15 is 0 Å². The Bertz CT molecular complexity index is 1160. The standard InChI is InChI=1S/C21H25FN4O4S2/c1-25-12-14(11-18(25)20(23)27)32(29,30)26-8-5-13(6-9-26)21(28)24-17-7-10-31-19-15(17)3-2-4-16(19)22/h2-4,11-13,17H,5-10H2,1H3,(H2,23,27)(H,24,28)/t17-/m1/s1. The molecule has 32 heavy (non-hydrogen) atoms. The minimum atomic E-state index is -3.79. The zero-order chi connectivity index (χ0) is 23.0. The van der Waals surface area contributed by atoms with Crippen LogP contribution in [0.4, 0.5) is 4.39 Å². The number of hydrogen-bond donors (Lipinski definition) is 2. The van der Waals surface area contributed by atoms with Crippen LogP contribution in [-0.2, 0) is 21.9 Å². The Kier molecular flexibility index (Phi) is 6.33. The Balaban J connectivity index is 1.40. The molecule has 0 unspecified atom stereocenters. The van der Waals surface area contributed by atoms with Crippen LogP contribution in [0, 0.1) is 11.7 Å². The molecule has 2 aromatic rings. The summed E-state index contributed by atoms with van der Waals surface area (Å²) in [5.74, 6) is -0.702. The molecule has 0 saturated carbocycles. The summed E-state index contributed by atoms with van der Waals surface area (Å²) in [7, 11) is -2.23. The molecule has 2 amide bonds. The molecule has 1 aromatic carbocycles. The van der Waals surface area contributed by atoms with E-state index < -0.39 is 15.9 Å². The first kappa shape index (κ1) is 22.8. The minimum Gasteiger partial charge on any atom is -0.364 e. The number of thioether (sulfide) groups is 1. The number of aryl methyl sites for hydroxylation is 1. The molecule has 0 aliphatic carbocycles. The highest BCUT2D eigenvalue weighted by Gasteiger charge is 2.34. The number of aromatic nitrogens is 1. The number of primary amides is 1. The maximum Gasteiger partial charge on any atom is 0.265 e. The number of nitrogens with one attached hydrogen (secondary N) is 1. The number of rotatable bonds is 5. The highest BCUT2D eigenvalue weighted by molar-refractivity contribution is 7.99. The fraction of sp³-hybridized carbons (Fsp3) is 0.429. The number of hydrogen-bond acceptors (Lipinski definition) is 5. The van der Waals surface area contributed by atoms with E-state index in [1.54, 1.807) is 13.1 Å². The zero-order valence-electron chi connectivity index (χ0n) is 17.6. The van der Waals surface area contributed by atoms with Crippen LogP contribution in [0.5, 0.6) is 0 Å². The van der Waals surface area contributed by atoms with Crippen molar-refractivity contribution >= 4 is 33.6 Å². The highest BCUT2D eigenvalue weighted by Crippen LogP contribution is 2.38. The van der Waals surface area contributed by atoms with Crippen molar-refractivity contribution in [3.63, 3.8) is 0 Å². The van der Waals surface area contributed by atoms with Crippen molar-refractivity contribution < 1.29 is 22.4 Å². The van der Waals surface area contributed by atoms with Gasteiger partial charge in [-0.25, -0.2) is 12.8 Å². The van der Waals surface area contributed by atoms with Crippen LogP contribution in [0.2, 0.25) is 0 Å². The maximum atomic E-state index is 14.1. The molecular weight excluding hydrogens is 455 g/mol. The number of piperidine rings is 1. The largest absolute Gasteiger partial charge is 0.364 e. The zero-order valence-corrected chi connectivity index (χ0v) is 19.2. The van der Waals surface area contributed by atoms with Gasteiger partial charge >= 0.3 is 0 Å². The number of fused-ring (bicyclic) bond motifs is 1. The van der Waals surface area contributed by atoms with Crippen LogP contribution in [0.15, 0.2) is 40.3 Å². The second-order valence-corrected chi connectivity index (χ2v) is 11.1. The highest BCUT2D eigenvalue weighted by atomic mass is 32.2. The number of carbonyl (C=O) groups is 2. The second-order valence-electron chi connectivity index (χ2n) is 8.07. The minimum absolute atomic E-state index is 0.00930. The van der Waals surface area contributed by atoms with Crippen molar-refractivity contribution in [2.75, 3.05) is 18.8 Å². The van der Waals surface area contributed by atoms with Gasteiger partial charge in [0.05, 0.1) is 6.04 Å². The fourth-order valence-electron chi connectivity index (χ4n) is 4.25. The topological polar surface area (TPSA) is 114 Å². The van der Waals surface area contributed by atoms with E-state index in [1.165, 1.54) is 39.0 Å². The molecule has 2 aliphatic heterocycles. The molecular formula is C21H25FN4O4S2. The summed E-state index contributed by atoms with van der Waals surface area (Å²) in [6.45, 7) is 0.403. The van der Waals surface area contributed by atoms with E-state index in [2.05, 4.69) is 5.32 Å². The summed E-state index contributed by atoms with van der Waals surface area (Å²) in [6, 6.07) is 5.94. The number of nitrogens with two attached hydrogens (primary N) is 1. The van der Waals surface area contributed by atoms with Crippen molar-refractivity contribution in [3.8, 4) is 0 Å². The predicted molar refractivity (Wildman–Crippen MR) is 118 cm³/mol. The second kappa shape index (κ2) is 8.87. The third kappa shape index (κ3) is 4.28. The number of amides is 2. The third-order valence-corrected chi connectivity index (χ3v) is 9.06. The number of sulfonamides is 1. The van der Waals surface area contributed by atoms with Crippen LogP contribution in [0.1, 0.15) is 41.4 Å². The number of halogens is 1. The van der Waals surface area contributed by atoms with Crippen LogP contribution in [0.25, 0.3) is 0 Å². The van der Waals surface area contributed by atoms with E-state index in [0.717, 1.165) is 17.7 Å². The van der Waals surface area contributed by atoms with Gasteiger partial charge in [0.1, 0.15) is 16.4 Å². The van der Waals surface area contributed by atoms with Gasteiger partial charge in [0.25, 0.3) is 5.91 Å². The first-order valence-electron chi connectivity index (χ1n) is 10.4. The molecule has 1 atom stereocenters. The van der Waals surface area contributed by atoms with Gasteiger partial charge in [0.2, 0.25) is 15.9 Å². The molecule has 11 heteroatoms. The SMILES string of the molecule is Cn1cc(S(=O)(=O)N2CCC(C(=O)N[C@@H]3CCSc4c(F)cccc43)CC2)cc1C(N)=O. The molecule has 1 aromatic heterocycles. The monoisotopic (exact) mass is 480 g/mol. The molecule has 1 saturated heterocycles. The van der Waals surface area contributed by atoms with Crippen molar-refractivity contribution in [2.24, 2.45) is 18.7 Å². The Morgan fingerprint density at radius 3 is 2.59 bits per heavy atom. The molecule has 8 nitrogen and oxygen atoms in total. The van der Waals surface area contributed by atoms with Gasteiger partial charge in [-0.1, -0.05) is 12.1 Å². The Morgan fingerprint density at radius 1 is 1.22 bits per heavy atom. The van der Waals surface area contributed by atoms with Crippen LogP contribution in [-0.4, -0.2) is 47.9 Å². The number of carbonyl (C=O) groups excluding carboxylic acids is 2. The average Bonchev–Trinajstić information content (AvgIpc) is 3.17. The summed E-state index contributed by atoms with van der Waals surface area (Å²) < 4.78 is 42.7. The van der Waals surface area contributed by atoms with Crippen molar-refractivity contribution in [1.29, 1.82) is 0 Å². The lowest BCUT2D eigenvalue weighted by Gasteiger charge is -2.32. The Hall–Kier alpha value is -2.37. The van der Waals surface area contributed by atoms with E-state index in [-0.39, 0.29) is 47.4 Å². The molecule has 3 heterocycles. The quantitative estimate of drug-likeness (QED) is 0.680. The number of benzene rings is 1. The van der Waals surface area contributed by atoms with Gasteiger partial charge in [-0.15, -0.1) is 11.8 Å². The first-order valence-corrected chi connectivity index (χ1v) is 12.8. The van der Waals surface area contributed by atoms with Gasteiger partial charge in [0, 0.05) is 42.9 Å². The molecule has 3 N–H and O–H groups in total. The van der Waals surface area contributed by atoms with E-state index in [0.29, 0.717) is 17.7 Å². The fourth-order valence-corrected chi connectivity index (χ4v) is 6.94. The van der Waals surface area contributed by atoms with E-state index in [9.17, 15) is 22.4 Å². The first-order chi connectivity index (χ1) is 15.2. The molecule has 2 aliphatic rings. The van der Waals surface area contributed by atoms with Gasteiger partial charge in [-0.05, 0) is 37.0 Å². The molecule has 1 fully saturated rings. The van der Waals surface area contributed by atoms with Crippen LogP contribution < -0.4 is 11.1 Å². The third-order valence-electron chi connectivity index (χ3n) is 6.04. The lowest BCUT2D eigenvalue weighted by molar-refractivity contribution is -0.127. The molecule has 0 spiro atoms. The Morgan fingerprint density at radius 2 is 1.94 bits per heavy atom. The number of nitrogens with zero attached hydrogens (tertiary/aromatic N) is 2. The lowest BCUT2D eigenvalue weighted by atomic mass is 9.95. The van der Waals surface area contributed by atoms with E-state index in [1.807, 2.05) is 6.07 Å². The summed E-state index contributed by atoms with van der Waals surface area (Å²) in [5.41, 5.74) is 6.19. The Labute approximate surface area is 190 Å². The van der Waals surface area contributed by atoms with Gasteiger partial charge in [0.15, 0.2) is 0 Å². The smallest absolute Gasteiger partial charge is 0.265 e. The molecule has 4 rings (SSSR count). The maximum absolute atomic E-state index is 14.1. The molecule has 172 valence electrons. The average molecular weight is 481 g/mol. The van der Waals surface area contributed by atoms with E-state index in [4.69, 9.17) is 5.73 Å². The van der Waals surface area contributed by atoms with Crippen LogP contribution >= 0.6 is 11.8 Å². The lowest BCUT2D eigenvalue weighted by Crippen LogP contribution is -2.44. The van der Waals surface area contributed by atoms with Gasteiger partial charge in [-0.3, -0.25) is 9.59 Å².